The normalized spacial score (nSPS) is 9.08. The van der Waals surface area contributed by atoms with E-state index in [1.54, 1.807) is 0 Å². The van der Waals surface area contributed by atoms with Crippen LogP contribution in [0.25, 0.3) is 10.4 Å². The molecular formula is C8H9N3O. The predicted octanol–water partition coefficient (Wildman–Crippen LogP) is 1.99. The van der Waals surface area contributed by atoms with Crippen LogP contribution in [0.2, 0.25) is 0 Å². The maximum atomic E-state index is 8.88. The number of nitrogens with zero attached hydrogens (tertiary/aromatic N) is 3. The van der Waals surface area contributed by atoms with Gasteiger partial charge in [0.2, 0.25) is 0 Å². The predicted molar refractivity (Wildman–Crippen MR) is 45.2 cm³/mol. The molecule has 4 heteroatoms. The largest absolute Gasteiger partial charge is 0.392 e. The van der Waals surface area contributed by atoms with E-state index in [4.69, 9.17) is 10.6 Å². The lowest BCUT2D eigenvalue weighted by Gasteiger charge is -2.01. The van der Waals surface area contributed by atoms with Gasteiger partial charge >= 0.3 is 0 Å². The van der Waals surface area contributed by atoms with Crippen LogP contribution in [-0.4, -0.2) is 5.11 Å². The standard InChI is InChI=1S/C8H9N3O/c9-11-10-5-7-3-1-2-4-8(7)6-12/h1-4,12H,5-6H2. The van der Waals surface area contributed by atoms with E-state index >= 15 is 0 Å². The summed E-state index contributed by atoms with van der Waals surface area (Å²) in [6, 6.07) is 7.33. The van der Waals surface area contributed by atoms with Gasteiger partial charge in [0.25, 0.3) is 0 Å². The Hall–Kier alpha value is -1.51. The molecule has 0 aliphatic heterocycles. The summed E-state index contributed by atoms with van der Waals surface area (Å²) in [6.07, 6.45) is 0. The minimum Gasteiger partial charge on any atom is -0.392 e. The number of benzene rings is 1. The molecular weight excluding hydrogens is 154 g/mol. The molecule has 0 saturated carbocycles. The number of hydrogen-bond acceptors (Lipinski definition) is 2. The van der Waals surface area contributed by atoms with Crippen LogP contribution in [-0.2, 0) is 13.2 Å². The fourth-order valence-electron chi connectivity index (χ4n) is 0.974. The molecule has 0 unspecified atom stereocenters. The molecule has 1 aromatic rings. The highest BCUT2D eigenvalue weighted by atomic mass is 16.3. The van der Waals surface area contributed by atoms with Gasteiger partial charge in [-0.2, -0.15) is 0 Å². The molecule has 0 aliphatic carbocycles. The van der Waals surface area contributed by atoms with Crippen LogP contribution in [0.5, 0.6) is 0 Å². The van der Waals surface area contributed by atoms with Gasteiger partial charge in [-0.25, -0.2) is 0 Å². The quantitative estimate of drug-likeness (QED) is 0.413. The molecule has 1 N–H and O–H groups in total. The van der Waals surface area contributed by atoms with Gasteiger partial charge in [-0.3, -0.25) is 0 Å². The monoisotopic (exact) mass is 163 g/mol. The van der Waals surface area contributed by atoms with Crippen molar-refractivity contribution in [3.8, 4) is 0 Å². The van der Waals surface area contributed by atoms with Crippen molar-refractivity contribution < 1.29 is 5.11 Å². The molecule has 0 bridgehead atoms. The van der Waals surface area contributed by atoms with E-state index in [1.165, 1.54) is 0 Å². The highest BCUT2D eigenvalue weighted by Gasteiger charge is 1.97. The van der Waals surface area contributed by atoms with Crippen LogP contribution in [0.4, 0.5) is 0 Å². The number of aliphatic hydroxyl groups excluding tert-OH is 1. The molecule has 0 aliphatic rings. The fourth-order valence-corrected chi connectivity index (χ4v) is 0.974. The maximum absolute atomic E-state index is 8.88. The number of rotatable bonds is 3. The lowest BCUT2D eigenvalue weighted by Crippen LogP contribution is -1.90. The van der Waals surface area contributed by atoms with Crippen molar-refractivity contribution in [2.24, 2.45) is 5.11 Å². The second-order valence-electron chi connectivity index (χ2n) is 2.32. The van der Waals surface area contributed by atoms with Crippen LogP contribution in [0.15, 0.2) is 29.4 Å². The van der Waals surface area contributed by atoms with E-state index in [0.717, 1.165) is 11.1 Å². The molecule has 1 aromatic carbocycles. The van der Waals surface area contributed by atoms with Crippen LogP contribution in [0.3, 0.4) is 0 Å². The summed E-state index contributed by atoms with van der Waals surface area (Å²) >= 11 is 0. The maximum Gasteiger partial charge on any atom is 0.0684 e. The Morgan fingerprint density at radius 2 is 2.00 bits per heavy atom. The first-order valence-electron chi connectivity index (χ1n) is 3.57. The molecule has 0 spiro atoms. The Morgan fingerprint density at radius 3 is 2.58 bits per heavy atom. The van der Waals surface area contributed by atoms with Gasteiger partial charge in [-0.1, -0.05) is 29.4 Å². The van der Waals surface area contributed by atoms with Crippen molar-refractivity contribution in [2.75, 3.05) is 0 Å². The van der Waals surface area contributed by atoms with Gasteiger partial charge in [0.05, 0.1) is 13.2 Å². The topological polar surface area (TPSA) is 69.0 Å². The summed E-state index contributed by atoms with van der Waals surface area (Å²) in [5.74, 6) is 0. The third-order valence-electron chi connectivity index (χ3n) is 1.59. The average Bonchev–Trinajstić information content (AvgIpc) is 2.15. The fraction of sp³-hybridized carbons (Fsp3) is 0.250. The van der Waals surface area contributed by atoms with Gasteiger partial charge in [0.15, 0.2) is 0 Å². The van der Waals surface area contributed by atoms with Gasteiger partial charge < -0.3 is 5.11 Å². The van der Waals surface area contributed by atoms with Gasteiger partial charge in [-0.15, -0.1) is 0 Å². The van der Waals surface area contributed by atoms with E-state index in [-0.39, 0.29) is 6.61 Å². The van der Waals surface area contributed by atoms with Crippen molar-refractivity contribution in [1.29, 1.82) is 0 Å². The van der Waals surface area contributed by atoms with Crippen molar-refractivity contribution in [2.45, 2.75) is 13.2 Å². The van der Waals surface area contributed by atoms with Crippen molar-refractivity contribution in [3.05, 3.63) is 45.8 Å². The third kappa shape index (κ3) is 1.99. The Labute approximate surface area is 70.1 Å². The molecule has 62 valence electrons. The summed E-state index contributed by atoms with van der Waals surface area (Å²) < 4.78 is 0. The minimum absolute atomic E-state index is 0.0167. The van der Waals surface area contributed by atoms with E-state index in [2.05, 4.69) is 10.0 Å². The van der Waals surface area contributed by atoms with Crippen molar-refractivity contribution in [1.82, 2.24) is 0 Å². The molecule has 0 radical (unpaired) electrons. The number of hydrogen-bond donors (Lipinski definition) is 1. The molecule has 1 rings (SSSR count). The number of azide groups is 1. The third-order valence-corrected chi connectivity index (χ3v) is 1.59. The van der Waals surface area contributed by atoms with Crippen LogP contribution in [0, 0.1) is 0 Å². The van der Waals surface area contributed by atoms with Crippen molar-refractivity contribution in [3.63, 3.8) is 0 Å². The Kier molecular flexibility index (Phi) is 3.14. The molecule has 0 saturated heterocycles. The highest BCUT2D eigenvalue weighted by Crippen LogP contribution is 2.09. The average molecular weight is 163 g/mol. The summed E-state index contributed by atoms with van der Waals surface area (Å²) in [4.78, 5) is 2.65. The first-order valence-corrected chi connectivity index (χ1v) is 3.57. The molecule has 0 fully saturated rings. The second kappa shape index (κ2) is 4.38. The molecule has 0 heterocycles. The smallest absolute Gasteiger partial charge is 0.0684 e. The van der Waals surface area contributed by atoms with E-state index in [0.29, 0.717) is 6.54 Å². The highest BCUT2D eigenvalue weighted by molar-refractivity contribution is 5.26. The summed E-state index contributed by atoms with van der Waals surface area (Å²) in [6.45, 7) is 0.282. The van der Waals surface area contributed by atoms with Gasteiger partial charge in [-0.05, 0) is 16.7 Å². The van der Waals surface area contributed by atoms with E-state index in [9.17, 15) is 0 Å². The Morgan fingerprint density at radius 1 is 1.33 bits per heavy atom. The second-order valence-corrected chi connectivity index (χ2v) is 2.32. The lowest BCUT2D eigenvalue weighted by molar-refractivity contribution is 0.280. The summed E-state index contributed by atoms with van der Waals surface area (Å²) in [7, 11) is 0. The Balaban J connectivity index is 2.88. The zero-order chi connectivity index (χ0) is 8.81. The lowest BCUT2D eigenvalue weighted by atomic mass is 10.1. The molecule has 12 heavy (non-hydrogen) atoms. The minimum atomic E-state index is -0.0167. The van der Waals surface area contributed by atoms with Crippen LogP contribution < -0.4 is 0 Å². The van der Waals surface area contributed by atoms with E-state index < -0.39 is 0 Å². The van der Waals surface area contributed by atoms with Crippen molar-refractivity contribution >= 4 is 0 Å². The number of aliphatic hydroxyl groups is 1. The van der Waals surface area contributed by atoms with Gasteiger partial charge in [0, 0.05) is 4.91 Å². The summed E-state index contributed by atoms with van der Waals surface area (Å²) in [5, 5.41) is 12.3. The van der Waals surface area contributed by atoms with E-state index in [1.807, 2.05) is 24.3 Å². The molecule has 0 aromatic heterocycles. The van der Waals surface area contributed by atoms with Crippen LogP contribution in [0.1, 0.15) is 11.1 Å². The summed E-state index contributed by atoms with van der Waals surface area (Å²) in [5.41, 5.74) is 9.77. The van der Waals surface area contributed by atoms with Crippen LogP contribution >= 0.6 is 0 Å². The molecule has 0 atom stereocenters. The molecule has 4 nitrogen and oxygen atoms in total. The first-order chi connectivity index (χ1) is 5.88. The van der Waals surface area contributed by atoms with Gasteiger partial charge in [0.1, 0.15) is 0 Å². The Bertz CT molecular complexity index is 305. The SMILES string of the molecule is [N-]=[N+]=NCc1ccccc1CO. The first kappa shape index (κ1) is 8.59. The zero-order valence-electron chi connectivity index (χ0n) is 6.51. The zero-order valence-corrected chi connectivity index (χ0v) is 6.51. The molecule has 0 amide bonds.